The first-order chi connectivity index (χ1) is 20.0. The van der Waals surface area contributed by atoms with Crippen molar-refractivity contribution in [2.24, 2.45) is 0 Å². The van der Waals surface area contributed by atoms with E-state index in [1.54, 1.807) is 0 Å². The molecule has 6 rings (SSSR count). The number of H-pyrrole nitrogens is 2. The number of rotatable bonds is 8. The van der Waals surface area contributed by atoms with E-state index in [2.05, 4.69) is 29.9 Å². The highest BCUT2D eigenvalue weighted by molar-refractivity contribution is 8.07. The minimum absolute atomic E-state index is 0.0433. The van der Waals surface area contributed by atoms with Crippen molar-refractivity contribution in [1.82, 2.24) is 39.0 Å². The van der Waals surface area contributed by atoms with Gasteiger partial charge in [-0.15, -0.1) is 0 Å². The Labute approximate surface area is 236 Å². The maximum atomic E-state index is 15.0. The minimum Gasteiger partial charge on any atom is -0.468 e. The summed E-state index contributed by atoms with van der Waals surface area (Å²) in [5.41, 5.74) is 4.10. The molecule has 0 radical (unpaired) electrons. The maximum Gasteiger partial charge on any atom is 0.325 e. The smallest absolute Gasteiger partial charge is 0.325 e. The molecular weight excluding hydrogens is 608 g/mol. The number of nitrogens with one attached hydrogen (secondary N) is 2. The van der Waals surface area contributed by atoms with Crippen LogP contribution in [0.5, 0.6) is 0 Å². The van der Waals surface area contributed by atoms with Crippen molar-refractivity contribution in [3.8, 4) is 0 Å². The molecule has 0 aromatic carbocycles. The number of aliphatic hydroxyl groups excluding tert-OH is 3. The lowest BCUT2D eigenvalue weighted by molar-refractivity contribution is -0.0506. The molecule has 0 spiro atoms. The zero-order valence-corrected chi connectivity index (χ0v) is 22.6. The van der Waals surface area contributed by atoms with Gasteiger partial charge >= 0.3 is 6.72 Å². The largest absolute Gasteiger partial charge is 0.468 e. The molecule has 0 aliphatic carbocycles. The molecule has 19 nitrogen and oxygen atoms in total. The number of aliphatic hydroxyl groups is 3. The fourth-order valence-corrected chi connectivity index (χ4v) is 5.95. The second kappa shape index (κ2) is 10.6. The monoisotopic (exact) mass is 629 g/mol. The van der Waals surface area contributed by atoms with E-state index in [0.717, 1.165) is 23.5 Å². The third-order valence-electron chi connectivity index (χ3n) is 6.51. The summed E-state index contributed by atoms with van der Waals surface area (Å²) in [6, 6.07) is 0. The van der Waals surface area contributed by atoms with Gasteiger partial charge in [0.15, 0.2) is 40.5 Å². The Balaban J connectivity index is 1.19. The van der Waals surface area contributed by atoms with Crippen LogP contribution in [0.1, 0.15) is 6.23 Å². The number of aromatic nitrogens is 8. The Kier molecular flexibility index (Phi) is 7.15. The van der Waals surface area contributed by atoms with Crippen LogP contribution in [0.15, 0.2) is 34.4 Å². The predicted molar refractivity (Wildman–Crippen MR) is 140 cm³/mol. The van der Waals surface area contributed by atoms with Crippen molar-refractivity contribution >= 4 is 52.7 Å². The van der Waals surface area contributed by atoms with E-state index in [1.165, 1.54) is 4.57 Å². The van der Waals surface area contributed by atoms with Gasteiger partial charge in [0.2, 0.25) is 11.8 Å². The Morgan fingerprint density at radius 2 is 1.88 bits per heavy atom. The minimum atomic E-state index is -4.30. The third kappa shape index (κ3) is 4.79. The molecule has 8 N–H and O–H groups in total. The summed E-state index contributed by atoms with van der Waals surface area (Å²) < 4.78 is 39.2. The summed E-state index contributed by atoms with van der Waals surface area (Å²) in [6.45, 7) is -5.65. The molecule has 0 saturated carbocycles. The van der Waals surface area contributed by atoms with Crippen LogP contribution in [0.4, 0.5) is 10.3 Å². The summed E-state index contributed by atoms with van der Waals surface area (Å²) in [7, 11) is 0. The van der Waals surface area contributed by atoms with E-state index in [1.807, 2.05) is 0 Å². The molecule has 6 heterocycles. The molecule has 42 heavy (non-hydrogen) atoms. The van der Waals surface area contributed by atoms with Gasteiger partial charge in [-0.2, -0.15) is 4.98 Å². The van der Waals surface area contributed by atoms with E-state index >= 15 is 0 Å². The van der Waals surface area contributed by atoms with Gasteiger partial charge in [-0.05, 0) is 11.8 Å². The van der Waals surface area contributed by atoms with Gasteiger partial charge in [-0.1, -0.05) is 0 Å². The van der Waals surface area contributed by atoms with Gasteiger partial charge in [0.05, 0.1) is 25.9 Å². The fraction of sp³-hybridized carbons (Fsp3) is 0.400. The number of aromatic amines is 2. The Hall–Kier alpha value is -3.66. The highest BCUT2D eigenvalue weighted by Gasteiger charge is 2.49. The Morgan fingerprint density at radius 1 is 1.14 bits per heavy atom. The van der Waals surface area contributed by atoms with E-state index < -0.39 is 79.5 Å². The first-order valence-electron chi connectivity index (χ1n) is 12.0. The normalized spacial score (nSPS) is 27.6. The van der Waals surface area contributed by atoms with Crippen LogP contribution in [0.2, 0.25) is 0 Å². The average Bonchev–Trinajstić information content (AvgIpc) is 3.69. The number of ether oxygens (including phenoxy) is 2. The first kappa shape index (κ1) is 28.5. The molecule has 2 aliphatic rings. The first-order valence-corrected chi connectivity index (χ1v) is 14.6. The number of hydrogen-bond acceptors (Lipinski definition) is 15. The molecule has 0 bridgehead atoms. The second-order valence-corrected chi connectivity index (χ2v) is 11.9. The van der Waals surface area contributed by atoms with Crippen molar-refractivity contribution in [1.29, 1.82) is 0 Å². The predicted octanol–water partition coefficient (Wildman–Crippen LogP) is -2.44. The van der Waals surface area contributed by atoms with Crippen LogP contribution in [-0.4, -0.2) is 103 Å². The van der Waals surface area contributed by atoms with Crippen LogP contribution >= 0.6 is 6.72 Å². The van der Waals surface area contributed by atoms with E-state index in [9.17, 15) is 34.2 Å². The molecule has 22 heteroatoms. The van der Waals surface area contributed by atoms with Crippen molar-refractivity contribution in [2.45, 2.75) is 36.7 Å². The Bertz CT molecular complexity index is 1880. The molecule has 2 aliphatic heterocycles. The number of nitrogens with two attached hydrogens (primary N) is 1. The zero-order chi connectivity index (χ0) is 29.9. The highest BCUT2D eigenvalue weighted by atomic mass is 32.5. The number of halogens is 1. The topological polar surface area (TPSA) is 271 Å². The van der Waals surface area contributed by atoms with E-state index in [4.69, 9.17) is 36.1 Å². The second-order valence-electron chi connectivity index (χ2n) is 9.12. The highest BCUT2D eigenvalue weighted by Crippen LogP contribution is 2.50. The van der Waals surface area contributed by atoms with Crippen molar-refractivity contribution in [2.75, 3.05) is 18.9 Å². The number of fused-ring (bicyclic) bond motifs is 2. The maximum absolute atomic E-state index is 15.0. The zero-order valence-electron chi connectivity index (χ0n) is 20.8. The van der Waals surface area contributed by atoms with Crippen LogP contribution in [0.3, 0.4) is 0 Å². The third-order valence-corrected chi connectivity index (χ3v) is 8.07. The van der Waals surface area contributed by atoms with Crippen LogP contribution in [0.25, 0.3) is 28.2 Å². The Morgan fingerprint density at radius 3 is 2.64 bits per heavy atom. The van der Waals surface area contributed by atoms with Crippen molar-refractivity contribution in [3.05, 3.63) is 45.5 Å². The molecule has 1 fully saturated rings. The lowest BCUT2D eigenvalue weighted by atomic mass is 10.1. The van der Waals surface area contributed by atoms with Gasteiger partial charge in [-0.25, -0.2) is 19.3 Å². The molecule has 0 amide bonds. The molecule has 4 aromatic heterocycles. The molecule has 7 atom stereocenters. The van der Waals surface area contributed by atoms with Gasteiger partial charge in [-0.3, -0.25) is 28.2 Å². The lowest BCUT2D eigenvalue weighted by Gasteiger charge is -2.27. The summed E-state index contributed by atoms with van der Waals surface area (Å²) in [4.78, 5) is 55.3. The molecule has 4 aromatic rings. The van der Waals surface area contributed by atoms with Gasteiger partial charge in [0.25, 0.3) is 11.1 Å². The SMILES string of the molecule is Nc1nc2c(ncn2[C@@H]2O[C@H](CO)[C@@H](O)[C@H]2OP(O)(=S)OC[C@H]2OC(n3cnc4c(=O)[nH]cnc43)=C(F)[C@@H]2O)c(=O)[nH]1. The van der Waals surface area contributed by atoms with E-state index in [0.29, 0.717) is 0 Å². The average molecular weight is 629 g/mol. The summed E-state index contributed by atoms with van der Waals surface area (Å²) in [6.07, 6.45) is -5.56. The van der Waals surface area contributed by atoms with Crippen molar-refractivity contribution in [3.63, 3.8) is 0 Å². The standard InChI is InChI=1S/C20H21FN9O10PS/c21-8-11(32)7(39-18(8)29-4-25-9-14(29)23-3-24-16(9)34)2-37-41(36,42)40-13-12(33)6(1-31)38-19(13)30-5-26-10-15(30)27-20(22)28-17(10)35/h3-7,11-13,19,31-33H,1-2H2,(H,36,42)(H,23,24,34)(H3,22,27,28,35)/t6-,7-,11-,12-,13-,19-,41?/m1/s1. The molecule has 224 valence electrons. The number of hydrogen-bond donors (Lipinski definition) is 7. The van der Waals surface area contributed by atoms with Gasteiger partial charge < -0.3 is 44.9 Å². The van der Waals surface area contributed by atoms with Crippen molar-refractivity contribution < 1.29 is 43.1 Å². The summed E-state index contributed by atoms with van der Waals surface area (Å²) in [5, 5.41) is 30.8. The summed E-state index contributed by atoms with van der Waals surface area (Å²) >= 11 is 5.09. The number of nitrogens with zero attached hydrogens (tertiary/aromatic N) is 6. The van der Waals surface area contributed by atoms with Crippen LogP contribution in [0, 0.1) is 0 Å². The fourth-order valence-electron chi connectivity index (χ4n) is 4.53. The number of imidazole rings is 2. The summed E-state index contributed by atoms with van der Waals surface area (Å²) in [5.74, 6) is -1.87. The van der Waals surface area contributed by atoms with E-state index in [-0.39, 0.29) is 28.3 Å². The molecule has 1 saturated heterocycles. The quantitative estimate of drug-likeness (QED) is 0.0997. The lowest BCUT2D eigenvalue weighted by Crippen LogP contribution is -2.35. The van der Waals surface area contributed by atoms with Gasteiger partial charge in [0, 0.05) is 0 Å². The number of anilines is 1. The van der Waals surface area contributed by atoms with Crippen LogP contribution < -0.4 is 16.9 Å². The molecule has 1 unspecified atom stereocenters. The van der Waals surface area contributed by atoms with Gasteiger partial charge in [0.1, 0.15) is 30.7 Å². The van der Waals surface area contributed by atoms with Crippen LogP contribution in [-0.2, 0) is 30.3 Å². The molecular formula is C20H21FN9O10PS. The number of nitrogen functional groups attached to an aromatic ring is 1.